The van der Waals surface area contributed by atoms with Crippen LogP contribution in [0.3, 0.4) is 0 Å². The predicted molar refractivity (Wildman–Crippen MR) is 56.0 cm³/mol. The SMILES string of the molecule is Nc1nc(N)n2nc(CC3CC3)cc2n1. The molecule has 78 valence electrons. The Morgan fingerprint density at radius 3 is 2.87 bits per heavy atom. The molecular weight excluding hydrogens is 192 g/mol. The molecule has 2 aromatic rings. The van der Waals surface area contributed by atoms with E-state index >= 15 is 0 Å². The van der Waals surface area contributed by atoms with Crippen molar-refractivity contribution in [2.24, 2.45) is 5.92 Å². The van der Waals surface area contributed by atoms with Crippen LogP contribution in [-0.2, 0) is 6.42 Å². The van der Waals surface area contributed by atoms with Crippen LogP contribution in [0.1, 0.15) is 18.5 Å². The molecule has 1 aliphatic rings. The number of nitrogen functional groups attached to an aromatic ring is 2. The van der Waals surface area contributed by atoms with Gasteiger partial charge in [-0.1, -0.05) is 0 Å². The molecule has 1 fully saturated rings. The summed E-state index contributed by atoms with van der Waals surface area (Å²) < 4.78 is 1.54. The minimum absolute atomic E-state index is 0.192. The first-order valence-corrected chi connectivity index (χ1v) is 5.00. The summed E-state index contributed by atoms with van der Waals surface area (Å²) in [5, 5.41) is 4.34. The molecule has 0 atom stereocenters. The van der Waals surface area contributed by atoms with Gasteiger partial charge in [0, 0.05) is 6.07 Å². The molecule has 0 bridgehead atoms. The number of rotatable bonds is 2. The van der Waals surface area contributed by atoms with E-state index in [-0.39, 0.29) is 5.95 Å². The number of anilines is 2. The first-order chi connectivity index (χ1) is 7.22. The maximum absolute atomic E-state index is 5.69. The molecule has 15 heavy (non-hydrogen) atoms. The number of hydrogen-bond acceptors (Lipinski definition) is 5. The Hall–Kier alpha value is -1.85. The van der Waals surface area contributed by atoms with Crippen LogP contribution in [0, 0.1) is 5.92 Å². The van der Waals surface area contributed by atoms with E-state index < -0.39 is 0 Å². The van der Waals surface area contributed by atoms with Gasteiger partial charge in [-0.2, -0.15) is 19.6 Å². The van der Waals surface area contributed by atoms with Crippen LogP contribution in [0.4, 0.5) is 11.9 Å². The molecule has 0 radical (unpaired) electrons. The van der Waals surface area contributed by atoms with Crippen LogP contribution in [0.2, 0.25) is 0 Å². The van der Waals surface area contributed by atoms with Crippen molar-refractivity contribution >= 4 is 17.5 Å². The van der Waals surface area contributed by atoms with Gasteiger partial charge in [-0.05, 0) is 25.2 Å². The van der Waals surface area contributed by atoms with Crippen LogP contribution >= 0.6 is 0 Å². The fourth-order valence-electron chi connectivity index (χ4n) is 1.69. The maximum Gasteiger partial charge on any atom is 0.226 e. The zero-order valence-corrected chi connectivity index (χ0v) is 8.22. The molecule has 1 saturated carbocycles. The van der Waals surface area contributed by atoms with E-state index in [0.717, 1.165) is 18.0 Å². The Balaban J connectivity index is 2.07. The molecule has 2 aromatic heterocycles. The third-order valence-electron chi connectivity index (χ3n) is 2.61. The van der Waals surface area contributed by atoms with Gasteiger partial charge >= 0.3 is 0 Å². The summed E-state index contributed by atoms with van der Waals surface area (Å²) in [5.41, 5.74) is 12.9. The second-order valence-corrected chi connectivity index (χ2v) is 3.99. The third-order valence-corrected chi connectivity index (χ3v) is 2.61. The standard InChI is InChI=1S/C9H12N6/c10-8-12-7-4-6(3-5-1-2-5)14-15(7)9(11)13-8/h4-5H,1-3H2,(H4,10,11,12,13). The monoisotopic (exact) mass is 204 g/mol. The lowest BCUT2D eigenvalue weighted by Crippen LogP contribution is -2.06. The summed E-state index contributed by atoms with van der Waals surface area (Å²) in [6.07, 6.45) is 3.61. The summed E-state index contributed by atoms with van der Waals surface area (Å²) in [6, 6.07) is 1.92. The van der Waals surface area contributed by atoms with Crippen molar-refractivity contribution < 1.29 is 0 Å². The van der Waals surface area contributed by atoms with Crippen LogP contribution in [0.5, 0.6) is 0 Å². The molecule has 0 spiro atoms. The Labute approximate surface area is 86.3 Å². The lowest BCUT2D eigenvalue weighted by Gasteiger charge is -1.97. The fraction of sp³-hybridized carbons (Fsp3) is 0.444. The fourth-order valence-corrected chi connectivity index (χ4v) is 1.69. The largest absolute Gasteiger partial charge is 0.368 e. The highest BCUT2D eigenvalue weighted by molar-refractivity contribution is 5.47. The maximum atomic E-state index is 5.69. The van der Waals surface area contributed by atoms with Crippen LogP contribution in [0.15, 0.2) is 6.07 Å². The molecular formula is C9H12N6. The molecule has 0 aromatic carbocycles. The van der Waals surface area contributed by atoms with E-state index in [9.17, 15) is 0 Å². The van der Waals surface area contributed by atoms with E-state index in [0.29, 0.717) is 11.6 Å². The molecule has 0 saturated heterocycles. The van der Waals surface area contributed by atoms with Gasteiger partial charge in [0.25, 0.3) is 0 Å². The highest BCUT2D eigenvalue weighted by atomic mass is 15.3. The van der Waals surface area contributed by atoms with Gasteiger partial charge in [0.1, 0.15) is 0 Å². The number of aromatic nitrogens is 4. The van der Waals surface area contributed by atoms with Gasteiger partial charge in [0.15, 0.2) is 5.65 Å². The lowest BCUT2D eigenvalue weighted by atomic mass is 10.2. The number of hydrogen-bond donors (Lipinski definition) is 2. The molecule has 4 N–H and O–H groups in total. The van der Waals surface area contributed by atoms with Crippen LogP contribution in [-0.4, -0.2) is 19.6 Å². The highest BCUT2D eigenvalue weighted by Crippen LogP contribution is 2.32. The average molecular weight is 204 g/mol. The predicted octanol–water partition coefficient (Wildman–Crippen LogP) is 0.241. The van der Waals surface area contributed by atoms with Crippen LogP contribution in [0.25, 0.3) is 5.65 Å². The van der Waals surface area contributed by atoms with E-state index in [1.807, 2.05) is 6.07 Å². The van der Waals surface area contributed by atoms with E-state index in [2.05, 4.69) is 15.1 Å². The van der Waals surface area contributed by atoms with Crippen molar-refractivity contribution in [3.63, 3.8) is 0 Å². The Morgan fingerprint density at radius 2 is 2.13 bits per heavy atom. The second kappa shape index (κ2) is 2.82. The molecule has 0 amide bonds. The van der Waals surface area contributed by atoms with Crippen molar-refractivity contribution in [1.82, 2.24) is 19.6 Å². The lowest BCUT2D eigenvalue weighted by molar-refractivity contribution is 0.778. The quantitative estimate of drug-likeness (QED) is 0.730. The van der Waals surface area contributed by atoms with E-state index in [4.69, 9.17) is 11.5 Å². The molecule has 3 rings (SSSR count). The summed E-state index contributed by atoms with van der Waals surface area (Å²) >= 11 is 0. The second-order valence-electron chi connectivity index (χ2n) is 3.99. The van der Waals surface area contributed by atoms with Crippen molar-refractivity contribution in [2.45, 2.75) is 19.3 Å². The molecule has 0 unspecified atom stereocenters. The van der Waals surface area contributed by atoms with Gasteiger partial charge in [0.05, 0.1) is 5.69 Å². The number of nitrogens with two attached hydrogens (primary N) is 2. The minimum Gasteiger partial charge on any atom is -0.368 e. The van der Waals surface area contributed by atoms with Gasteiger partial charge in [-0.25, -0.2) is 0 Å². The summed E-state index contributed by atoms with van der Waals surface area (Å²) in [7, 11) is 0. The topological polar surface area (TPSA) is 95.1 Å². The van der Waals surface area contributed by atoms with Gasteiger partial charge < -0.3 is 11.5 Å². The number of fused-ring (bicyclic) bond motifs is 1. The summed E-state index contributed by atoms with van der Waals surface area (Å²) in [4.78, 5) is 7.93. The zero-order chi connectivity index (χ0) is 10.4. The molecule has 1 aliphatic carbocycles. The smallest absolute Gasteiger partial charge is 0.226 e. The first kappa shape index (κ1) is 8.46. The Bertz CT molecular complexity index is 513. The molecule has 6 heteroatoms. The minimum atomic E-state index is 0.192. The first-order valence-electron chi connectivity index (χ1n) is 5.00. The van der Waals surface area contributed by atoms with Crippen molar-refractivity contribution in [2.75, 3.05) is 11.5 Å². The third kappa shape index (κ3) is 1.47. The van der Waals surface area contributed by atoms with Gasteiger partial charge in [-0.3, -0.25) is 0 Å². The number of nitrogens with zero attached hydrogens (tertiary/aromatic N) is 4. The van der Waals surface area contributed by atoms with E-state index in [1.54, 1.807) is 0 Å². The normalized spacial score (nSPS) is 16.0. The molecule has 0 aliphatic heterocycles. The van der Waals surface area contributed by atoms with Crippen molar-refractivity contribution in [1.29, 1.82) is 0 Å². The van der Waals surface area contributed by atoms with Gasteiger partial charge in [-0.15, -0.1) is 0 Å². The van der Waals surface area contributed by atoms with Crippen molar-refractivity contribution in [3.8, 4) is 0 Å². The Kier molecular flexibility index (Phi) is 1.59. The Morgan fingerprint density at radius 1 is 1.33 bits per heavy atom. The van der Waals surface area contributed by atoms with E-state index in [1.165, 1.54) is 17.4 Å². The van der Waals surface area contributed by atoms with Crippen LogP contribution < -0.4 is 11.5 Å². The summed E-state index contributed by atoms with van der Waals surface area (Å²) in [6.45, 7) is 0. The van der Waals surface area contributed by atoms with Gasteiger partial charge in [0.2, 0.25) is 11.9 Å². The highest BCUT2D eigenvalue weighted by Gasteiger charge is 2.23. The average Bonchev–Trinajstić information content (AvgIpc) is 2.85. The molecule has 2 heterocycles. The molecule has 6 nitrogen and oxygen atoms in total. The zero-order valence-electron chi connectivity index (χ0n) is 8.22. The van der Waals surface area contributed by atoms with Crippen molar-refractivity contribution in [3.05, 3.63) is 11.8 Å². The summed E-state index contributed by atoms with van der Waals surface area (Å²) in [5.74, 6) is 1.28.